The van der Waals surface area contributed by atoms with Crippen molar-refractivity contribution >= 4 is 0 Å². The number of fused-ring (bicyclic) bond motifs is 1. The Labute approximate surface area is 195 Å². The largest absolute Gasteiger partial charge is 0.388 e. The molecule has 3 aromatic heterocycles. The first-order valence-corrected chi connectivity index (χ1v) is 11.3. The number of aromatic amines is 1. The van der Waals surface area contributed by atoms with Crippen molar-refractivity contribution in [2.45, 2.75) is 51.0 Å². The Morgan fingerprint density at radius 1 is 1.03 bits per heavy atom. The fourth-order valence-electron chi connectivity index (χ4n) is 4.78. The maximum atomic E-state index is 14.4. The van der Waals surface area contributed by atoms with E-state index in [0.717, 1.165) is 36.2 Å². The summed E-state index contributed by atoms with van der Waals surface area (Å²) in [5.74, 6) is -0.291. The number of nitrogens with one attached hydrogen (secondary N) is 1. The van der Waals surface area contributed by atoms with Crippen LogP contribution in [0.2, 0.25) is 0 Å². The Hall–Kier alpha value is -3.59. The molecule has 1 aliphatic rings. The van der Waals surface area contributed by atoms with Gasteiger partial charge in [0.2, 0.25) is 0 Å². The summed E-state index contributed by atoms with van der Waals surface area (Å²) in [5.41, 5.74) is 2.59. The zero-order valence-corrected chi connectivity index (χ0v) is 18.9. The highest BCUT2D eigenvalue weighted by molar-refractivity contribution is 5.62. The average Bonchev–Trinajstić information content (AvgIpc) is 3.34. The number of rotatable bonds is 5. The molecule has 7 nitrogen and oxygen atoms in total. The lowest BCUT2D eigenvalue weighted by Crippen LogP contribution is -2.33. The second-order valence-corrected chi connectivity index (χ2v) is 8.79. The van der Waals surface area contributed by atoms with Gasteiger partial charge in [-0.05, 0) is 68.0 Å². The second-order valence-electron chi connectivity index (χ2n) is 8.79. The first-order chi connectivity index (χ1) is 16.4. The lowest BCUT2D eigenvalue weighted by molar-refractivity contribution is 0.272. The maximum absolute atomic E-state index is 14.4. The van der Waals surface area contributed by atoms with E-state index in [1.54, 1.807) is 6.07 Å². The van der Waals surface area contributed by atoms with Gasteiger partial charge in [0.25, 0.3) is 0 Å². The van der Waals surface area contributed by atoms with E-state index in [4.69, 9.17) is 4.98 Å². The van der Waals surface area contributed by atoms with Crippen molar-refractivity contribution in [1.82, 2.24) is 30.4 Å². The molecule has 3 heterocycles. The average molecular weight is 463 g/mol. The summed E-state index contributed by atoms with van der Waals surface area (Å²) < 4.78 is 28.9. The van der Waals surface area contributed by atoms with Crippen LogP contribution in [0.1, 0.15) is 61.8 Å². The molecule has 1 aliphatic carbocycles. The first kappa shape index (κ1) is 22.2. The van der Waals surface area contributed by atoms with Crippen LogP contribution in [-0.4, -0.2) is 35.5 Å². The normalized spacial score (nSPS) is 19.7. The van der Waals surface area contributed by atoms with Crippen molar-refractivity contribution in [2.24, 2.45) is 0 Å². The highest BCUT2D eigenvalue weighted by Gasteiger charge is 2.40. The van der Waals surface area contributed by atoms with E-state index < -0.39 is 17.0 Å². The summed E-state index contributed by atoms with van der Waals surface area (Å²) in [6.07, 6.45) is 2.56. The van der Waals surface area contributed by atoms with Crippen molar-refractivity contribution in [3.8, 4) is 22.8 Å². The third-order valence-electron chi connectivity index (χ3n) is 6.73. The number of aliphatic hydroxyl groups is 1. The van der Waals surface area contributed by atoms with Gasteiger partial charge in [-0.2, -0.15) is 5.10 Å². The molecule has 5 rings (SSSR count). The van der Waals surface area contributed by atoms with Crippen LogP contribution >= 0.6 is 0 Å². The van der Waals surface area contributed by atoms with Crippen LogP contribution in [0.5, 0.6) is 0 Å². The molecule has 0 saturated heterocycles. The standard InChI is InChI=1S/C25H24F2N6O/c1-3-14-10-11-25(2,20-9-5-8-18(28-20)24-29-21(13-34)31-33-24)23-15(14)12-19(30-32-23)22-16(26)6-4-7-17(22)27/h4-9,12,14,34H,3,10-11,13H2,1-2H3,(H,29,31,33)/t14-,25+/m1/s1. The Kier molecular flexibility index (Phi) is 5.65. The lowest BCUT2D eigenvalue weighted by atomic mass is 9.68. The van der Waals surface area contributed by atoms with Gasteiger partial charge in [-0.15, -0.1) is 15.3 Å². The zero-order chi connectivity index (χ0) is 23.9. The Morgan fingerprint density at radius 3 is 2.50 bits per heavy atom. The molecule has 0 fully saturated rings. The van der Waals surface area contributed by atoms with E-state index in [0.29, 0.717) is 17.3 Å². The molecule has 0 unspecified atom stereocenters. The summed E-state index contributed by atoms with van der Waals surface area (Å²) in [6.45, 7) is 3.93. The molecule has 174 valence electrons. The van der Waals surface area contributed by atoms with E-state index in [9.17, 15) is 13.9 Å². The number of H-pyrrole nitrogens is 1. The summed E-state index contributed by atoms with van der Waals surface area (Å²) in [4.78, 5) is 7.80. The maximum Gasteiger partial charge on any atom is 0.180 e. The van der Waals surface area contributed by atoms with Gasteiger partial charge in [0, 0.05) is 0 Å². The highest BCUT2D eigenvalue weighted by Crippen LogP contribution is 2.47. The van der Waals surface area contributed by atoms with Crippen LogP contribution in [0, 0.1) is 11.6 Å². The molecule has 0 amide bonds. The number of aromatic nitrogens is 6. The molecule has 0 radical (unpaired) electrons. The van der Waals surface area contributed by atoms with Gasteiger partial charge in [0.1, 0.15) is 23.9 Å². The molecule has 0 saturated carbocycles. The number of pyridine rings is 1. The Bertz CT molecular complexity index is 1340. The molecule has 0 spiro atoms. The topological polar surface area (TPSA) is 100 Å². The number of halogens is 2. The van der Waals surface area contributed by atoms with Gasteiger partial charge in [-0.3, -0.25) is 0 Å². The van der Waals surface area contributed by atoms with E-state index in [-0.39, 0.29) is 23.8 Å². The number of hydrogen-bond donors (Lipinski definition) is 2. The fraction of sp³-hybridized carbons (Fsp3) is 0.320. The highest BCUT2D eigenvalue weighted by atomic mass is 19.1. The summed E-state index contributed by atoms with van der Waals surface area (Å²) in [7, 11) is 0. The molecule has 0 bridgehead atoms. The molecule has 0 aliphatic heterocycles. The minimum absolute atomic E-state index is 0.162. The van der Waals surface area contributed by atoms with Crippen molar-refractivity contribution in [3.05, 3.63) is 76.9 Å². The van der Waals surface area contributed by atoms with Gasteiger partial charge in [-0.1, -0.05) is 19.1 Å². The summed E-state index contributed by atoms with van der Waals surface area (Å²) in [5, 5.41) is 26.0. The molecule has 1 aromatic carbocycles. The van der Waals surface area contributed by atoms with Crippen molar-refractivity contribution in [1.29, 1.82) is 0 Å². The molecule has 2 atom stereocenters. The van der Waals surface area contributed by atoms with E-state index in [2.05, 4.69) is 39.2 Å². The minimum Gasteiger partial charge on any atom is -0.388 e. The van der Waals surface area contributed by atoms with Gasteiger partial charge in [-0.25, -0.2) is 13.8 Å². The van der Waals surface area contributed by atoms with Crippen LogP contribution in [-0.2, 0) is 12.0 Å². The number of nitrogens with zero attached hydrogens (tertiary/aromatic N) is 5. The Morgan fingerprint density at radius 2 is 1.79 bits per heavy atom. The van der Waals surface area contributed by atoms with Crippen LogP contribution < -0.4 is 0 Å². The van der Waals surface area contributed by atoms with E-state index in [1.165, 1.54) is 18.2 Å². The quantitative estimate of drug-likeness (QED) is 0.446. The van der Waals surface area contributed by atoms with Crippen LogP contribution in [0.15, 0.2) is 42.5 Å². The molecule has 9 heteroatoms. The van der Waals surface area contributed by atoms with E-state index in [1.807, 2.05) is 18.2 Å². The van der Waals surface area contributed by atoms with Gasteiger partial charge in [0.15, 0.2) is 11.6 Å². The van der Waals surface area contributed by atoms with Crippen molar-refractivity contribution < 1.29 is 13.9 Å². The first-order valence-electron chi connectivity index (χ1n) is 11.3. The minimum atomic E-state index is -0.662. The van der Waals surface area contributed by atoms with Gasteiger partial charge < -0.3 is 10.1 Å². The smallest absolute Gasteiger partial charge is 0.180 e. The molecule has 4 aromatic rings. The monoisotopic (exact) mass is 462 g/mol. The lowest BCUT2D eigenvalue weighted by Gasteiger charge is -2.37. The van der Waals surface area contributed by atoms with Crippen molar-refractivity contribution in [3.63, 3.8) is 0 Å². The third kappa shape index (κ3) is 3.66. The number of aliphatic hydroxyl groups excluding tert-OH is 1. The summed E-state index contributed by atoms with van der Waals surface area (Å²) >= 11 is 0. The molecular weight excluding hydrogens is 438 g/mol. The van der Waals surface area contributed by atoms with Crippen molar-refractivity contribution in [2.75, 3.05) is 0 Å². The fourth-order valence-corrected chi connectivity index (χ4v) is 4.78. The van der Waals surface area contributed by atoms with E-state index >= 15 is 0 Å². The number of benzene rings is 1. The van der Waals surface area contributed by atoms with Gasteiger partial charge in [0.05, 0.1) is 28.1 Å². The predicted octanol–water partition coefficient (Wildman–Crippen LogP) is 4.69. The molecule has 34 heavy (non-hydrogen) atoms. The zero-order valence-electron chi connectivity index (χ0n) is 18.9. The Balaban J connectivity index is 1.62. The van der Waals surface area contributed by atoms with Gasteiger partial charge >= 0.3 is 0 Å². The molecular formula is C25H24F2N6O. The third-order valence-corrected chi connectivity index (χ3v) is 6.73. The number of hydrogen-bond acceptors (Lipinski definition) is 6. The van der Waals surface area contributed by atoms with Crippen LogP contribution in [0.25, 0.3) is 22.8 Å². The summed E-state index contributed by atoms with van der Waals surface area (Å²) in [6, 6.07) is 11.2. The van der Waals surface area contributed by atoms with Crippen LogP contribution in [0.4, 0.5) is 8.78 Å². The SMILES string of the molecule is CC[C@@H]1CC[C@@](C)(c2cccc(-c3nnc(CO)[nH]3)n2)c2nnc(-c3c(F)cccc3F)cc21. The second kappa shape index (κ2) is 8.64. The molecule has 2 N–H and O–H groups in total. The van der Waals surface area contributed by atoms with Crippen LogP contribution in [0.3, 0.4) is 0 Å². The predicted molar refractivity (Wildman–Crippen MR) is 122 cm³/mol.